The summed E-state index contributed by atoms with van der Waals surface area (Å²) in [6.45, 7) is 0.855. The topological polar surface area (TPSA) is 59.2 Å². The molecule has 0 aliphatic carbocycles. The SMILES string of the molecule is CN(C)Cc1ccc(C(=O)Cc2cc3cc(-c4cnco4)ccc3cn2)cc1. The van der Waals surface area contributed by atoms with Gasteiger partial charge >= 0.3 is 0 Å². The van der Waals surface area contributed by atoms with Gasteiger partial charge in [-0.05, 0) is 37.2 Å². The first kappa shape index (κ1) is 18.1. The Morgan fingerprint density at radius 3 is 2.54 bits per heavy atom. The maximum atomic E-state index is 12.7. The molecule has 0 aliphatic heterocycles. The summed E-state index contributed by atoms with van der Waals surface area (Å²) in [6, 6.07) is 15.8. The summed E-state index contributed by atoms with van der Waals surface area (Å²) in [5.74, 6) is 0.781. The number of hydrogen-bond acceptors (Lipinski definition) is 5. The largest absolute Gasteiger partial charge is 0.444 e. The van der Waals surface area contributed by atoms with Crippen molar-refractivity contribution < 1.29 is 9.21 Å². The van der Waals surface area contributed by atoms with Gasteiger partial charge in [0.2, 0.25) is 0 Å². The number of pyridine rings is 1. The average Bonchev–Trinajstić information content (AvgIpc) is 3.22. The van der Waals surface area contributed by atoms with Gasteiger partial charge in [0, 0.05) is 34.9 Å². The van der Waals surface area contributed by atoms with Crippen LogP contribution in [0.15, 0.2) is 71.7 Å². The second-order valence-electron chi connectivity index (χ2n) is 7.14. The van der Waals surface area contributed by atoms with Crippen LogP contribution in [0.3, 0.4) is 0 Å². The van der Waals surface area contributed by atoms with Crippen LogP contribution in [0.25, 0.3) is 22.1 Å². The Kier molecular flexibility index (Phi) is 5.00. The van der Waals surface area contributed by atoms with Crippen LogP contribution in [0.4, 0.5) is 0 Å². The minimum atomic E-state index is 0.0645. The predicted molar refractivity (Wildman–Crippen MR) is 109 cm³/mol. The molecule has 0 N–H and O–H groups in total. The van der Waals surface area contributed by atoms with Crippen molar-refractivity contribution in [1.82, 2.24) is 14.9 Å². The summed E-state index contributed by atoms with van der Waals surface area (Å²) >= 11 is 0. The van der Waals surface area contributed by atoms with Crippen LogP contribution in [0.2, 0.25) is 0 Å². The van der Waals surface area contributed by atoms with Crippen molar-refractivity contribution in [1.29, 1.82) is 0 Å². The Bertz CT molecular complexity index is 1100. The van der Waals surface area contributed by atoms with E-state index in [1.807, 2.05) is 68.8 Å². The smallest absolute Gasteiger partial charge is 0.181 e. The fraction of sp³-hybridized carbons (Fsp3) is 0.174. The molecule has 28 heavy (non-hydrogen) atoms. The van der Waals surface area contributed by atoms with Crippen LogP contribution in [0.1, 0.15) is 21.6 Å². The van der Waals surface area contributed by atoms with Gasteiger partial charge < -0.3 is 9.32 Å². The average molecular weight is 371 g/mol. The number of Topliss-reactive ketones (excluding diaryl/α,β-unsaturated/α-hetero) is 1. The number of carbonyl (C=O) groups excluding carboxylic acids is 1. The maximum Gasteiger partial charge on any atom is 0.181 e. The lowest BCUT2D eigenvalue weighted by Crippen LogP contribution is -2.11. The van der Waals surface area contributed by atoms with Crippen molar-refractivity contribution in [3.05, 3.63) is 84.1 Å². The quantitative estimate of drug-likeness (QED) is 0.471. The molecule has 140 valence electrons. The summed E-state index contributed by atoms with van der Waals surface area (Å²) in [4.78, 5) is 23.2. The van der Waals surface area contributed by atoms with Crippen molar-refractivity contribution in [3.63, 3.8) is 0 Å². The highest BCUT2D eigenvalue weighted by Gasteiger charge is 2.10. The number of fused-ring (bicyclic) bond motifs is 1. The van der Waals surface area contributed by atoms with E-state index < -0.39 is 0 Å². The summed E-state index contributed by atoms with van der Waals surface area (Å²) in [7, 11) is 4.05. The van der Waals surface area contributed by atoms with Crippen LogP contribution in [-0.4, -0.2) is 34.7 Å². The number of aromatic nitrogens is 2. The number of ketones is 1. The molecule has 5 nitrogen and oxygen atoms in total. The Labute approximate surface area is 163 Å². The molecule has 4 rings (SSSR count). The summed E-state index contributed by atoms with van der Waals surface area (Å²) in [5.41, 5.74) is 3.60. The van der Waals surface area contributed by atoms with Crippen LogP contribution in [-0.2, 0) is 13.0 Å². The zero-order chi connectivity index (χ0) is 19.5. The van der Waals surface area contributed by atoms with E-state index in [0.29, 0.717) is 11.3 Å². The second kappa shape index (κ2) is 7.74. The molecule has 0 unspecified atom stereocenters. The van der Waals surface area contributed by atoms with E-state index in [2.05, 4.69) is 14.9 Å². The van der Waals surface area contributed by atoms with Crippen molar-refractivity contribution in [2.24, 2.45) is 0 Å². The third-order valence-electron chi connectivity index (χ3n) is 4.61. The Morgan fingerprint density at radius 2 is 1.82 bits per heavy atom. The summed E-state index contributed by atoms with van der Waals surface area (Å²) in [6.07, 6.45) is 5.19. The van der Waals surface area contributed by atoms with E-state index >= 15 is 0 Å². The van der Waals surface area contributed by atoms with E-state index in [0.717, 1.165) is 28.6 Å². The van der Waals surface area contributed by atoms with Crippen molar-refractivity contribution >= 4 is 16.6 Å². The molecule has 2 heterocycles. The molecule has 0 bridgehead atoms. The van der Waals surface area contributed by atoms with E-state index in [1.165, 1.54) is 12.0 Å². The van der Waals surface area contributed by atoms with Gasteiger partial charge in [-0.25, -0.2) is 4.98 Å². The molecular weight excluding hydrogens is 350 g/mol. The predicted octanol–water partition coefficient (Wildman–Crippen LogP) is 4.38. The van der Waals surface area contributed by atoms with Gasteiger partial charge in [-0.2, -0.15) is 0 Å². The molecule has 0 saturated heterocycles. The van der Waals surface area contributed by atoms with E-state index in [-0.39, 0.29) is 12.2 Å². The normalized spacial score (nSPS) is 11.2. The van der Waals surface area contributed by atoms with E-state index in [9.17, 15) is 4.79 Å². The van der Waals surface area contributed by atoms with Crippen LogP contribution < -0.4 is 0 Å². The van der Waals surface area contributed by atoms with E-state index in [1.54, 1.807) is 6.20 Å². The number of rotatable bonds is 6. The maximum absolute atomic E-state index is 12.7. The highest BCUT2D eigenvalue weighted by atomic mass is 16.3. The Morgan fingerprint density at radius 1 is 1.00 bits per heavy atom. The van der Waals surface area contributed by atoms with Gasteiger partial charge in [0.25, 0.3) is 0 Å². The number of oxazole rings is 1. The lowest BCUT2D eigenvalue weighted by atomic mass is 10.0. The van der Waals surface area contributed by atoms with E-state index in [4.69, 9.17) is 4.42 Å². The zero-order valence-corrected chi connectivity index (χ0v) is 15.9. The third-order valence-corrected chi connectivity index (χ3v) is 4.61. The molecule has 5 heteroatoms. The molecule has 0 radical (unpaired) electrons. The standard InChI is InChI=1S/C23H21N3O2/c1-26(2)14-16-3-5-17(6-4-16)22(27)11-21-10-20-9-18(23-13-24-15-28-23)7-8-19(20)12-25-21/h3-10,12-13,15H,11,14H2,1-2H3. The van der Waals surface area contributed by atoms with Gasteiger partial charge in [-0.15, -0.1) is 0 Å². The molecule has 2 aromatic carbocycles. The molecule has 4 aromatic rings. The van der Waals surface area contributed by atoms with Gasteiger partial charge in [-0.1, -0.05) is 36.4 Å². The lowest BCUT2D eigenvalue weighted by Gasteiger charge is -2.10. The zero-order valence-electron chi connectivity index (χ0n) is 15.9. The molecule has 0 amide bonds. The molecule has 0 atom stereocenters. The molecular formula is C23H21N3O2. The first-order valence-corrected chi connectivity index (χ1v) is 9.13. The van der Waals surface area contributed by atoms with Gasteiger partial charge in [-0.3, -0.25) is 9.78 Å². The number of hydrogen-bond donors (Lipinski definition) is 0. The first-order chi connectivity index (χ1) is 13.6. The van der Waals surface area contributed by atoms with Crippen LogP contribution in [0, 0.1) is 0 Å². The fourth-order valence-corrected chi connectivity index (χ4v) is 3.22. The summed E-state index contributed by atoms with van der Waals surface area (Å²) in [5, 5.41) is 2.04. The number of benzene rings is 2. The molecule has 0 fully saturated rings. The Hall–Kier alpha value is -3.31. The monoisotopic (exact) mass is 371 g/mol. The second-order valence-corrected chi connectivity index (χ2v) is 7.14. The molecule has 0 spiro atoms. The van der Waals surface area contributed by atoms with Crippen molar-refractivity contribution in [2.45, 2.75) is 13.0 Å². The number of nitrogens with zero attached hydrogens (tertiary/aromatic N) is 3. The van der Waals surface area contributed by atoms with Gasteiger partial charge in [0.05, 0.1) is 12.6 Å². The number of carbonyl (C=O) groups is 1. The van der Waals surface area contributed by atoms with Crippen molar-refractivity contribution in [3.8, 4) is 11.3 Å². The van der Waals surface area contributed by atoms with Crippen molar-refractivity contribution in [2.75, 3.05) is 14.1 Å². The van der Waals surface area contributed by atoms with Gasteiger partial charge in [0.15, 0.2) is 17.9 Å². The van der Waals surface area contributed by atoms with Crippen LogP contribution in [0.5, 0.6) is 0 Å². The minimum absolute atomic E-state index is 0.0645. The Balaban J connectivity index is 1.54. The third kappa shape index (κ3) is 4.00. The first-order valence-electron chi connectivity index (χ1n) is 9.13. The minimum Gasteiger partial charge on any atom is -0.444 e. The van der Waals surface area contributed by atoms with Crippen LogP contribution >= 0.6 is 0 Å². The fourth-order valence-electron chi connectivity index (χ4n) is 3.22. The molecule has 2 aromatic heterocycles. The summed E-state index contributed by atoms with van der Waals surface area (Å²) < 4.78 is 5.37. The lowest BCUT2D eigenvalue weighted by molar-refractivity contribution is 0.0992. The highest BCUT2D eigenvalue weighted by molar-refractivity contribution is 5.98. The van der Waals surface area contributed by atoms with Gasteiger partial charge in [0.1, 0.15) is 0 Å². The molecule has 0 aliphatic rings. The molecule has 0 saturated carbocycles. The highest BCUT2D eigenvalue weighted by Crippen LogP contribution is 2.24.